The van der Waals surface area contributed by atoms with Gasteiger partial charge in [-0.3, -0.25) is 0 Å². The van der Waals surface area contributed by atoms with E-state index < -0.39 is 0 Å². The van der Waals surface area contributed by atoms with E-state index in [-0.39, 0.29) is 0 Å². The molecule has 22 heavy (non-hydrogen) atoms. The van der Waals surface area contributed by atoms with Gasteiger partial charge in [-0.1, -0.05) is 18.9 Å². The van der Waals surface area contributed by atoms with Crippen LogP contribution >= 0.6 is 11.3 Å². The molecule has 1 aliphatic heterocycles. The Bertz CT molecular complexity index is 658. The van der Waals surface area contributed by atoms with E-state index in [1.807, 2.05) is 17.4 Å². The highest BCUT2D eigenvalue weighted by molar-refractivity contribution is 7.09. The first-order valence-corrected chi connectivity index (χ1v) is 9.26. The van der Waals surface area contributed by atoms with Crippen LogP contribution in [0.4, 0.5) is 11.4 Å². The standard InChI is InChI=1S/C18H23N3S/c19-16-8-3-9-17-15(16)7-4-10-21(17)11-14-12-22-18(20-14)13-5-1-2-6-13/h3,8-9,12-13H,1-2,4-7,10-11,19H2. The third-order valence-electron chi connectivity index (χ3n) is 5.01. The molecule has 0 atom stereocenters. The second kappa shape index (κ2) is 5.92. The van der Waals surface area contributed by atoms with Crippen LogP contribution in [0.25, 0.3) is 0 Å². The van der Waals surface area contributed by atoms with Crippen LogP contribution in [0.3, 0.4) is 0 Å². The smallest absolute Gasteiger partial charge is 0.0960 e. The van der Waals surface area contributed by atoms with E-state index in [1.165, 1.54) is 54.1 Å². The summed E-state index contributed by atoms with van der Waals surface area (Å²) in [5, 5.41) is 3.62. The zero-order chi connectivity index (χ0) is 14.9. The molecule has 2 aliphatic rings. The lowest BCUT2D eigenvalue weighted by molar-refractivity contribution is 0.677. The van der Waals surface area contributed by atoms with Gasteiger partial charge in [0.25, 0.3) is 0 Å². The van der Waals surface area contributed by atoms with Crippen molar-refractivity contribution in [1.82, 2.24) is 4.98 Å². The van der Waals surface area contributed by atoms with Crippen molar-refractivity contribution in [2.45, 2.75) is 51.0 Å². The molecular weight excluding hydrogens is 290 g/mol. The van der Waals surface area contributed by atoms with Crippen molar-refractivity contribution in [1.29, 1.82) is 0 Å². The molecule has 1 saturated carbocycles. The zero-order valence-corrected chi connectivity index (χ0v) is 13.7. The summed E-state index contributed by atoms with van der Waals surface area (Å²) in [5.41, 5.74) is 10.9. The lowest BCUT2D eigenvalue weighted by Gasteiger charge is -2.31. The quantitative estimate of drug-likeness (QED) is 0.857. The van der Waals surface area contributed by atoms with Crippen molar-refractivity contribution >= 4 is 22.7 Å². The summed E-state index contributed by atoms with van der Waals surface area (Å²) in [5.74, 6) is 0.725. The summed E-state index contributed by atoms with van der Waals surface area (Å²) in [6.45, 7) is 2.02. The molecule has 0 amide bonds. The molecule has 4 rings (SSSR count). The minimum Gasteiger partial charge on any atom is -0.398 e. The lowest BCUT2D eigenvalue weighted by Crippen LogP contribution is -2.29. The fourth-order valence-electron chi connectivity index (χ4n) is 3.84. The molecule has 1 aromatic carbocycles. The Morgan fingerprint density at radius 2 is 2.09 bits per heavy atom. The van der Waals surface area contributed by atoms with Gasteiger partial charge in [0.15, 0.2) is 0 Å². The van der Waals surface area contributed by atoms with Gasteiger partial charge in [-0.05, 0) is 43.4 Å². The third-order valence-corrected chi connectivity index (χ3v) is 6.07. The molecule has 1 aliphatic carbocycles. The monoisotopic (exact) mass is 313 g/mol. The molecule has 0 spiro atoms. The second-order valence-corrected chi connectivity index (χ2v) is 7.42. The number of thiazole rings is 1. The van der Waals surface area contributed by atoms with E-state index in [0.29, 0.717) is 0 Å². The van der Waals surface area contributed by atoms with Gasteiger partial charge in [-0.15, -0.1) is 11.3 Å². The van der Waals surface area contributed by atoms with Crippen molar-refractivity contribution in [3.8, 4) is 0 Å². The number of fused-ring (bicyclic) bond motifs is 1. The first kappa shape index (κ1) is 14.1. The van der Waals surface area contributed by atoms with Crippen LogP contribution < -0.4 is 10.6 Å². The number of rotatable bonds is 3. The molecule has 0 unspecified atom stereocenters. The lowest BCUT2D eigenvalue weighted by atomic mass is 10.00. The molecule has 0 bridgehead atoms. The summed E-state index contributed by atoms with van der Waals surface area (Å²) < 4.78 is 0. The van der Waals surface area contributed by atoms with E-state index in [2.05, 4.69) is 22.4 Å². The van der Waals surface area contributed by atoms with Gasteiger partial charge in [-0.25, -0.2) is 4.98 Å². The van der Waals surface area contributed by atoms with Gasteiger partial charge in [0, 0.05) is 29.2 Å². The number of hydrogen-bond acceptors (Lipinski definition) is 4. The van der Waals surface area contributed by atoms with Crippen LogP contribution in [0.15, 0.2) is 23.6 Å². The van der Waals surface area contributed by atoms with Crippen molar-refractivity contribution in [3.63, 3.8) is 0 Å². The van der Waals surface area contributed by atoms with Gasteiger partial charge >= 0.3 is 0 Å². The van der Waals surface area contributed by atoms with E-state index in [0.717, 1.165) is 31.1 Å². The average molecular weight is 313 g/mol. The number of nitrogens with zero attached hydrogens (tertiary/aromatic N) is 2. The Morgan fingerprint density at radius 1 is 1.23 bits per heavy atom. The SMILES string of the molecule is Nc1cccc2c1CCCN2Cc1csc(C2CCCC2)n1. The van der Waals surface area contributed by atoms with Crippen LogP contribution in [0.5, 0.6) is 0 Å². The number of nitrogen functional groups attached to an aromatic ring is 1. The molecule has 0 saturated heterocycles. The third kappa shape index (κ3) is 2.60. The topological polar surface area (TPSA) is 42.1 Å². The maximum Gasteiger partial charge on any atom is 0.0960 e. The van der Waals surface area contributed by atoms with Crippen molar-refractivity contribution in [2.24, 2.45) is 0 Å². The number of aromatic nitrogens is 1. The Hall–Kier alpha value is -1.55. The van der Waals surface area contributed by atoms with Crippen LogP contribution in [-0.4, -0.2) is 11.5 Å². The maximum atomic E-state index is 6.14. The van der Waals surface area contributed by atoms with Gasteiger partial charge in [0.05, 0.1) is 17.2 Å². The summed E-state index contributed by atoms with van der Waals surface area (Å²) in [6, 6.07) is 6.29. The van der Waals surface area contributed by atoms with Gasteiger partial charge in [-0.2, -0.15) is 0 Å². The summed E-state index contributed by atoms with van der Waals surface area (Å²) >= 11 is 1.86. The summed E-state index contributed by atoms with van der Waals surface area (Å²) in [6.07, 6.45) is 7.69. The van der Waals surface area contributed by atoms with E-state index in [4.69, 9.17) is 10.7 Å². The van der Waals surface area contributed by atoms with E-state index >= 15 is 0 Å². The molecule has 2 aromatic rings. The Labute approximate surface area is 136 Å². The molecule has 2 heterocycles. The Balaban J connectivity index is 1.54. The molecule has 3 nitrogen and oxygen atoms in total. The minimum atomic E-state index is 0.725. The summed E-state index contributed by atoms with van der Waals surface area (Å²) in [7, 11) is 0. The maximum absolute atomic E-state index is 6.14. The van der Waals surface area contributed by atoms with Crippen molar-refractivity contribution < 1.29 is 0 Å². The zero-order valence-electron chi connectivity index (χ0n) is 12.9. The number of hydrogen-bond donors (Lipinski definition) is 1. The van der Waals surface area contributed by atoms with Crippen molar-refractivity contribution in [3.05, 3.63) is 39.8 Å². The highest BCUT2D eigenvalue weighted by Gasteiger charge is 2.22. The predicted octanol–water partition coefficient (Wildman–Crippen LogP) is 4.34. The van der Waals surface area contributed by atoms with Gasteiger partial charge < -0.3 is 10.6 Å². The highest BCUT2D eigenvalue weighted by Crippen LogP contribution is 2.36. The van der Waals surface area contributed by atoms with Crippen LogP contribution in [0.1, 0.15) is 54.3 Å². The number of anilines is 2. The van der Waals surface area contributed by atoms with Gasteiger partial charge in [0.1, 0.15) is 0 Å². The summed E-state index contributed by atoms with van der Waals surface area (Å²) in [4.78, 5) is 7.37. The molecule has 0 radical (unpaired) electrons. The van der Waals surface area contributed by atoms with E-state index in [1.54, 1.807) is 0 Å². The average Bonchev–Trinajstić information content (AvgIpc) is 3.19. The molecule has 4 heteroatoms. The Kier molecular flexibility index (Phi) is 3.78. The normalized spacial score (nSPS) is 18.6. The van der Waals surface area contributed by atoms with Crippen LogP contribution in [0, 0.1) is 0 Å². The molecule has 116 valence electrons. The number of nitrogens with two attached hydrogens (primary N) is 1. The second-order valence-electron chi connectivity index (χ2n) is 6.53. The highest BCUT2D eigenvalue weighted by atomic mass is 32.1. The number of benzene rings is 1. The van der Waals surface area contributed by atoms with E-state index in [9.17, 15) is 0 Å². The fourth-order valence-corrected chi connectivity index (χ4v) is 4.83. The van der Waals surface area contributed by atoms with Crippen LogP contribution in [-0.2, 0) is 13.0 Å². The molecule has 2 N–H and O–H groups in total. The molecule has 1 aromatic heterocycles. The first-order valence-electron chi connectivity index (χ1n) is 8.38. The van der Waals surface area contributed by atoms with Gasteiger partial charge in [0.2, 0.25) is 0 Å². The minimum absolute atomic E-state index is 0.725. The predicted molar refractivity (Wildman–Crippen MR) is 93.5 cm³/mol. The van der Waals surface area contributed by atoms with Crippen LogP contribution in [0.2, 0.25) is 0 Å². The van der Waals surface area contributed by atoms with Crippen molar-refractivity contribution in [2.75, 3.05) is 17.2 Å². The molecular formula is C18H23N3S. The first-order chi connectivity index (χ1) is 10.8. The molecule has 1 fully saturated rings. The largest absolute Gasteiger partial charge is 0.398 e. The Morgan fingerprint density at radius 3 is 2.95 bits per heavy atom. The fraction of sp³-hybridized carbons (Fsp3) is 0.500.